The molecule has 4 nitrogen and oxygen atoms in total. The predicted octanol–water partition coefficient (Wildman–Crippen LogP) is 6.71. The predicted molar refractivity (Wildman–Crippen MR) is 150 cm³/mol. The second-order valence-electron chi connectivity index (χ2n) is 8.89. The van der Waals surface area contributed by atoms with Gasteiger partial charge in [-0.1, -0.05) is 42.5 Å². The SMILES string of the molecule is O=c1c2ccccc2n(Cc2ccccc2)c2ccc([S+](c3ccc(O)cc3)c3ccc(O)cc3)cc12. The number of fused-ring (bicyclic) bond motifs is 2. The molecule has 0 aliphatic heterocycles. The number of pyridine rings is 1. The second kappa shape index (κ2) is 9.52. The van der Waals surface area contributed by atoms with Crippen molar-refractivity contribution in [3.05, 3.63) is 137 Å². The lowest BCUT2D eigenvalue weighted by atomic mass is 10.1. The minimum absolute atomic E-state index is 0.0109. The summed E-state index contributed by atoms with van der Waals surface area (Å²) in [6, 6.07) is 38.5. The van der Waals surface area contributed by atoms with Gasteiger partial charge in [-0.3, -0.25) is 4.79 Å². The van der Waals surface area contributed by atoms with Crippen molar-refractivity contribution >= 4 is 32.7 Å². The first kappa shape index (κ1) is 23.0. The molecule has 6 aromatic rings. The number of phenols is 2. The molecule has 0 amide bonds. The summed E-state index contributed by atoms with van der Waals surface area (Å²) in [5.41, 5.74) is 2.97. The molecule has 6 rings (SSSR count). The van der Waals surface area contributed by atoms with Crippen LogP contribution in [-0.4, -0.2) is 14.8 Å². The highest BCUT2D eigenvalue weighted by Crippen LogP contribution is 2.34. The number of nitrogens with zero attached hydrogens (tertiary/aromatic N) is 1. The smallest absolute Gasteiger partial charge is 0.197 e. The number of hydrogen-bond donors (Lipinski definition) is 2. The fourth-order valence-electron chi connectivity index (χ4n) is 4.74. The largest absolute Gasteiger partial charge is 0.508 e. The standard InChI is InChI=1S/C32H23NO3S/c34-23-10-14-25(15-11-23)37(26-16-12-24(35)13-17-26)27-18-19-31-29(20-27)32(36)28-8-4-5-9-30(28)33(31)21-22-6-2-1-3-7-22/h1-20H,21H2,(H-,34,35)/p+1. The topological polar surface area (TPSA) is 62.5 Å². The third-order valence-electron chi connectivity index (χ3n) is 6.51. The van der Waals surface area contributed by atoms with E-state index in [0.29, 0.717) is 17.3 Å². The first-order chi connectivity index (χ1) is 18.1. The fraction of sp³-hybridized carbons (Fsp3) is 0.0312. The summed E-state index contributed by atoms with van der Waals surface area (Å²) in [4.78, 5) is 16.8. The van der Waals surface area contributed by atoms with Gasteiger partial charge in [0, 0.05) is 18.0 Å². The minimum Gasteiger partial charge on any atom is -0.508 e. The molecule has 0 saturated carbocycles. The van der Waals surface area contributed by atoms with E-state index in [2.05, 4.69) is 22.8 Å². The van der Waals surface area contributed by atoms with Gasteiger partial charge in [-0.15, -0.1) is 0 Å². The van der Waals surface area contributed by atoms with E-state index in [1.807, 2.05) is 78.9 Å². The van der Waals surface area contributed by atoms with Crippen molar-refractivity contribution in [1.29, 1.82) is 0 Å². The van der Waals surface area contributed by atoms with E-state index < -0.39 is 10.9 Å². The fourth-order valence-corrected chi connectivity index (χ4v) is 6.82. The summed E-state index contributed by atoms with van der Waals surface area (Å²) in [5, 5.41) is 21.1. The number of rotatable bonds is 5. The van der Waals surface area contributed by atoms with Crippen molar-refractivity contribution in [1.82, 2.24) is 4.57 Å². The van der Waals surface area contributed by atoms with Crippen LogP contribution < -0.4 is 5.43 Å². The average molecular weight is 503 g/mol. The molecule has 2 N–H and O–H groups in total. The van der Waals surface area contributed by atoms with Gasteiger partial charge >= 0.3 is 0 Å². The van der Waals surface area contributed by atoms with Gasteiger partial charge in [0.25, 0.3) is 0 Å². The number of hydrogen-bond acceptors (Lipinski definition) is 3. The number of aromatic hydroxyl groups is 2. The molecule has 0 saturated heterocycles. The first-order valence-corrected chi connectivity index (χ1v) is 13.2. The molecule has 0 bridgehead atoms. The third-order valence-corrected chi connectivity index (χ3v) is 8.72. The van der Waals surface area contributed by atoms with Crippen LogP contribution in [0.2, 0.25) is 0 Å². The van der Waals surface area contributed by atoms with Gasteiger partial charge in [-0.05, 0) is 78.4 Å². The van der Waals surface area contributed by atoms with Gasteiger partial charge in [0.2, 0.25) is 0 Å². The van der Waals surface area contributed by atoms with Gasteiger partial charge in [0.15, 0.2) is 20.1 Å². The maximum Gasteiger partial charge on any atom is 0.197 e. The van der Waals surface area contributed by atoms with Gasteiger partial charge in [-0.2, -0.15) is 0 Å². The molecule has 5 aromatic carbocycles. The Morgan fingerprint density at radius 2 is 1.11 bits per heavy atom. The molecule has 5 heteroatoms. The molecule has 0 unspecified atom stereocenters. The molecule has 1 heterocycles. The molecular weight excluding hydrogens is 478 g/mol. The zero-order valence-corrected chi connectivity index (χ0v) is 20.7. The Labute approximate surface area is 217 Å². The molecule has 0 radical (unpaired) electrons. The second-order valence-corrected chi connectivity index (χ2v) is 10.9. The van der Waals surface area contributed by atoms with E-state index in [1.165, 1.54) is 0 Å². The van der Waals surface area contributed by atoms with E-state index in [9.17, 15) is 15.0 Å². The van der Waals surface area contributed by atoms with Crippen LogP contribution in [0.5, 0.6) is 11.5 Å². The van der Waals surface area contributed by atoms with Crippen molar-refractivity contribution in [2.75, 3.05) is 0 Å². The van der Waals surface area contributed by atoms with Crippen molar-refractivity contribution in [3.8, 4) is 11.5 Å². The van der Waals surface area contributed by atoms with Crippen molar-refractivity contribution < 1.29 is 10.2 Å². The Balaban J connectivity index is 1.59. The quantitative estimate of drug-likeness (QED) is 0.203. The number of para-hydroxylation sites is 1. The Kier molecular flexibility index (Phi) is 5.91. The highest BCUT2D eigenvalue weighted by Gasteiger charge is 2.30. The number of phenolic OH excluding ortho intramolecular Hbond substituents is 2. The van der Waals surface area contributed by atoms with E-state index in [-0.39, 0.29) is 16.9 Å². The molecule has 37 heavy (non-hydrogen) atoms. The van der Waals surface area contributed by atoms with Crippen LogP contribution >= 0.6 is 0 Å². The van der Waals surface area contributed by atoms with Crippen LogP contribution in [-0.2, 0) is 17.4 Å². The van der Waals surface area contributed by atoms with E-state index >= 15 is 0 Å². The van der Waals surface area contributed by atoms with Crippen molar-refractivity contribution in [2.45, 2.75) is 21.2 Å². The lowest BCUT2D eigenvalue weighted by molar-refractivity contribution is 0.474. The minimum atomic E-state index is -0.544. The zero-order valence-electron chi connectivity index (χ0n) is 19.9. The van der Waals surface area contributed by atoms with Crippen LogP contribution in [0.4, 0.5) is 0 Å². The molecule has 0 spiro atoms. The maximum atomic E-state index is 13.8. The van der Waals surface area contributed by atoms with Crippen LogP contribution in [0.15, 0.2) is 141 Å². The Morgan fingerprint density at radius 1 is 0.568 bits per heavy atom. The summed E-state index contributed by atoms with van der Waals surface area (Å²) in [5.74, 6) is 0.401. The van der Waals surface area contributed by atoms with Crippen LogP contribution in [0, 0.1) is 0 Å². The monoisotopic (exact) mass is 502 g/mol. The molecule has 0 aliphatic carbocycles. The molecule has 1 aromatic heterocycles. The van der Waals surface area contributed by atoms with E-state index in [0.717, 1.165) is 31.3 Å². The van der Waals surface area contributed by atoms with Crippen molar-refractivity contribution in [2.24, 2.45) is 0 Å². The summed E-state index contributed by atoms with van der Waals surface area (Å²) in [6.45, 7) is 0.652. The average Bonchev–Trinajstić information content (AvgIpc) is 2.94. The van der Waals surface area contributed by atoms with Gasteiger partial charge < -0.3 is 14.8 Å². The summed E-state index contributed by atoms with van der Waals surface area (Å²) < 4.78 is 2.21. The maximum absolute atomic E-state index is 13.8. The lowest BCUT2D eigenvalue weighted by Crippen LogP contribution is -2.13. The van der Waals surface area contributed by atoms with Gasteiger partial charge in [0.1, 0.15) is 11.5 Å². The Morgan fingerprint density at radius 3 is 1.76 bits per heavy atom. The molecule has 0 aliphatic rings. The Hall–Kier alpha value is -4.48. The summed E-state index contributed by atoms with van der Waals surface area (Å²) >= 11 is 0. The first-order valence-electron chi connectivity index (χ1n) is 12.0. The molecule has 0 fully saturated rings. The zero-order chi connectivity index (χ0) is 25.4. The highest BCUT2D eigenvalue weighted by atomic mass is 32.2. The normalized spacial score (nSPS) is 11.4. The number of benzene rings is 5. The summed E-state index contributed by atoms with van der Waals surface area (Å²) in [7, 11) is -0.544. The van der Waals surface area contributed by atoms with Crippen molar-refractivity contribution in [3.63, 3.8) is 0 Å². The Bertz CT molecular complexity index is 1730. The summed E-state index contributed by atoms with van der Waals surface area (Å²) in [6.07, 6.45) is 0. The molecule has 0 atom stereocenters. The lowest BCUT2D eigenvalue weighted by Gasteiger charge is -2.16. The van der Waals surface area contributed by atoms with E-state index in [1.54, 1.807) is 24.3 Å². The van der Waals surface area contributed by atoms with Crippen LogP contribution in [0.1, 0.15) is 5.56 Å². The van der Waals surface area contributed by atoms with Gasteiger partial charge in [0.05, 0.1) is 27.3 Å². The highest BCUT2D eigenvalue weighted by molar-refractivity contribution is 7.97. The van der Waals surface area contributed by atoms with Gasteiger partial charge in [-0.25, -0.2) is 0 Å². The molecule has 180 valence electrons. The van der Waals surface area contributed by atoms with Crippen LogP contribution in [0.25, 0.3) is 21.8 Å². The van der Waals surface area contributed by atoms with Crippen LogP contribution in [0.3, 0.4) is 0 Å². The number of aromatic nitrogens is 1. The third kappa shape index (κ3) is 4.34. The van der Waals surface area contributed by atoms with E-state index in [4.69, 9.17) is 0 Å². The molecular formula is C32H24NO3S+.